The van der Waals surface area contributed by atoms with Crippen LogP contribution in [0.5, 0.6) is 5.75 Å². The molecule has 1 aromatic heterocycles. The molecule has 0 radical (unpaired) electrons. The molecule has 0 amide bonds. The molecule has 1 heterocycles. The Kier molecular flexibility index (Phi) is 5.07. The second-order valence-corrected chi connectivity index (χ2v) is 6.09. The quantitative estimate of drug-likeness (QED) is 0.645. The first-order valence-corrected chi connectivity index (χ1v) is 8.51. The van der Waals surface area contributed by atoms with Crippen LogP contribution in [0.4, 0.5) is 0 Å². The fourth-order valence-corrected chi connectivity index (χ4v) is 2.95. The molecule has 0 fully saturated rings. The molecule has 1 atom stereocenters. The summed E-state index contributed by atoms with van der Waals surface area (Å²) in [7, 11) is 1.33. The zero-order chi connectivity index (χ0) is 18.7. The minimum atomic E-state index is -0.655. The number of methoxy groups -OCH3 is 1. The maximum absolute atomic E-state index is 13.1. The van der Waals surface area contributed by atoms with Gasteiger partial charge in [-0.3, -0.25) is 9.36 Å². The number of hydrogen-bond donors (Lipinski definition) is 0. The van der Waals surface area contributed by atoms with E-state index in [9.17, 15) is 9.59 Å². The van der Waals surface area contributed by atoms with Crippen LogP contribution >= 0.6 is 0 Å². The lowest BCUT2D eigenvalue weighted by atomic mass is 10.2. The molecule has 2 aromatic carbocycles. The highest BCUT2D eigenvalue weighted by Crippen LogP contribution is 2.24. The van der Waals surface area contributed by atoms with E-state index in [4.69, 9.17) is 9.47 Å². The van der Waals surface area contributed by atoms with Crippen LogP contribution < -0.4 is 4.74 Å². The number of nitrogens with zero attached hydrogens (tertiary/aromatic N) is 1. The van der Waals surface area contributed by atoms with Gasteiger partial charge in [-0.05, 0) is 37.1 Å². The predicted molar refractivity (Wildman–Crippen MR) is 99.8 cm³/mol. The van der Waals surface area contributed by atoms with Crippen LogP contribution in [-0.2, 0) is 4.74 Å². The van der Waals surface area contributed by atoms with E-state index in [1.165, 1.54) is 17.9 Å². The first-order valence-electron chi connectivity index (χ1n) is 8.51. The van der Waals surface area contributed by atoms with Crippen LogP contribution in [-0.4, -0.2) is 29.7 Å². The van der Waals surface area contributed by atoms with E-state index in [1.807, 2.05) is 50.2 Å². The van der Waals surface area contributed by atoms with Gasteiger partial charge in [0.2, 0.25) is 0 Å². The molecule has 134 valence electrons. The van der Waals surface area contributed by atoms with Crippen molar-refractivity contribution >= 4 is 22.8 Å². The van der Waals surface area contributed by atoms with Gasteiger partial charge in [0.1, 0.15) is 5.75 Å². The summed E-state index contributed by atoms with van der Waals surface area (Å²) in [5, 5.41) is 0.679. The second-order valence-electron chi connectivity index (χ2n) is 6.09. The Morgan fingerprint density at radius 3 is 2.58 bits per heavy atom. The molecule has 0 N–H and O–H groups in total. The maximum Gasteiger partial charge on any atom is 0.340 e. The molecule has 0 spiro atoms. The predicted octanol–water partition coefficient (Wildman–Crippen LogP) is 4.23. The first kappa shape index (κ1) is 17.7. The highest BCUT2D eigenvalue weighted by atomic mass is 16.5. The average Bonchev–Trinajstić information content (AvgIpc) is 3.05. The van der Waals surface area contributed by atoms with Crippen molar-refractivity contribution in [1.82, 2.24) is 4.57 Å². The number of carbonyl (C=O) groups excluding carboxylic acids is 2. The smallest absolute Gasteiger partial charge is 0.340 e. The second kappa shape index (κ2) is 7.44. The number of rotatable bonds is 5. The van der Waals surface area contributed by atoms with Crippen molar-refractivity contribution in [2.75, 3.05) is 7.11 Å². The Labute approximate surface area is 152 Å². The number of benzene rings is 2. The van der Waals surface area contributed by atoms with Gasteiger partial charge in [0.05, 0.1) is 18.2 Å². The molecule has 0 aliphatic heterocycles. The number of esters is 1. The number of carbonyl (C=O) groups is 2. The van der Waals surface area contributed by atoms with E-state index >= 15 is 0 Å². The highest BCUT2D eigenvalue weighted by molar-refractivity contribution is 6.07. The molecular formula is C21H21NO4. The van der Waals surface area contributed by atoms with Crippen LogP contribution in [0.15, 0.2) is 54.7 Å². The Hall–Kier alpha value is -3.08. The molecule has 5 nitrogen and oxygen atoms in total. The molecule has 3 rings (SSSR count). The monoisotopic (exact) mass is 351 g/mol. The SMILES string of the molecule is CC[C@H](Oc1cccc(C)c1)C(=O)n1cc(C(=O)OC)c2ccccc21. The molecular weight excluding hydrogens is 330 g/mol. The molecule has 26 heavy (non-hydrogen) atoms. The average molecular weight is 351 g/mol. The van der Waals surface area contributed by atoms with Gasteiger partial charge in [-0.25, -0.2) is 4.79 Å². The molecule has 0 bridgehead atoms. The van der Waals surface area contributed by atoms with Gasteiger partial charge >= 0.3 is 5.97 Å². The number of para-hydroxylation sites is 1. The zero-order valence-corrected chi connectivity index (χ0v) is 15.1. The summed E-state index contributed by atoms with van der Waals surface area (Å²) < 4.78 is 12.2. The summed E-state index contributed by atoms with van der Waals surface area (Å²) in [5.41, 5.74) is 2.08. The molecule has 0 aliphatic rings. The van der Waals surface area contributed by atoms with E-state index in [1.54, 1.807) is 12.1 Å². The Morgan fingerprint density at radius 2 is 1.88 bits per heavy atom. The first-order chi connectivity index (χ1) is 12.5. The van der Waals surface area contributed by atoms with E-state index in [0.717, 1.165) is 5.56 Å². The normalized spacial score (nSPS) is 12.0. The van der Waals surface area contributed by atoms with Crippen molar-refractivity contribution in [1.29, 1.82) is 0 Å². The Balaban J connectivity index is 1.99. The number of fused-ring (bicyclic) bond motifs is 1. The van der Waals surface area contributed by atoms with Gasteiger partial charge in [0.15, 0.2) is 6.10 Å². The van der Waals surface area contributed by atoms with E-state index < -0.39 is 12.1 Å². The zero-order valence-electron chi connectivity index (χ0n) is 15.1. The van der Waals surface area contributed by atoms with Gasteiger partial charge in [-0.1, -0.05) is 37.3 Å². The molecule has 0 saturated carbocycles. The number of hydrogen-bond acceptors (Lipinski definition) is 4. The fourth-order valence-electron chi connectivity index (χ4n) is 2.95. The standard InChI is InChI=1S/C21H21NO4/c1-4-19(26-15-9-7-8-14(2)12-15)20(23)22-13-17(21(24)25-3)16-10-5-6-11-18(16)22/h5-13,19H,4H2,1-3H3/t19-/m0/s1. The fraction of sp³-hybridized carbons (Fsp3) is 0.238. The summed E-state index contributed by atoms with van der Waals surface area (Å²) in [6, 6.07) is 14.8. The lowest BCUT2D eigenvalue weighted by Gasteiger charge is -2.17. The van der Waals surface area contributed by atoms with Crippen LogP contribution in [0.2, 0.25) is 0 Å². The molecule has 5 heteroatoms. The topological polar surface area (TPSA) is 57.5 Å². The van der Waals surface area contributed by atoms with Gasteiger partial charge in [-0.2, -0.15) is 0 Å². The summed E-state index contributed by atoms with van der Waals surface area (Å²) in [6.45, 7) is 3.86. The van der Waals surface area contributed by atoms with Crippen LogP contribution in [0, 0.1) is 6.92 Å². The van der Waals surface area contributed by atoms with Gasteiger partial charge in [-0.15, -0.1) is 0 Å². The minimum Gasteiger partial charge on any atom is -0.481 e. The highest BCUT2D eigenvalue weighted by Gasteiger charge is 2.25. The Morgan fingerprint density at radius 1 is 1.12 bits per heavy atom. The largest absolute Gasteiger partial charge is 0.481 e. The van der Waals surface area contributed by atoms with Crippen LogP contribution in [0.1, 0.15) is 34.1 Å². The minimum absolute atomic E-state index is 0.222. The van der Waals surface area contributed by atoms with E-state index in [-0.39, 0.29) is 5.91 Å². The van der Waals surface area contributed by atoms with Crippen LogP contribution in [0.3, 0.4) is 0 Å². The number of aromatic nitrogens is 1. The van der Waals surface area contributed by atoms with Crippen molar-refractivity contribution in [3.8, 4) is 5.75 Å². The van der Waals surface area contributed by atoms with Crippen molar-refractivity contribution in [3.05, 3.63) is 65.9 Å². The van der Waals surface area contributed by atoms with Gasteiger partial charge in [0, 0.05) is 11.6 Å². The summed E-state index contributed by atoms with van der Waals surface area (Å²) in [6.07, 6.45) is 1.38. The van der Waals surface area contributed by atoms with Crippen molar-refractivity contribution in [2.45, 2.75) is 26.4 Å². The molecule has 0 unspecified atom stereocenters. The number of ether oxygens (including phenoxy) is 2. The summed E-state index contributed by atoms with van der Waals surface area (Å²) >= 11 is 0. The van der Waals surface area contributed by atoms with E-state index in [0.29, 0.717) is 28.6 Å². The Bertz CT molecular complexity index is 958. The summed E-state index contributed by atoms with van der Waals surface area (Å²) in [4.78, 5) is 25.1. The molecule has 0 aliphatic carbocycles. The van der Waals surface area contributed by atoms with Gasteiger partial charge < -0.3 is 9.47 Å². The third kappa shape index (κ3) is 3.33. The summed E-state index contributed by atoms with van der Waals surface area (Å²) in [5.74, 6) is -0.0457. The third-order valence-corrected chi connectivity index (χ3v) is 4.27. The molecule has 0 saturated heterocycles. The molecule has 3 aromatic rings. The maximum atomic E-state index is 13.1. The third-order valence-electron chi connectivity index (χ3n) is 4.27. The van der Waals surface area contributed by atoms with Crippen molar-refractivity contribution in [3.63, 3.8) is 0 Å². The van der Waals surface area contributed by atoms with E-state index in [2.05, 4.69) is 0 Å². The van der Waals surface area contributed by atoms with Crippen molar-refractivity contribution < 1.29 is 19.1 Å². The van der Waals surface area contributed by atoms with Crippen molar-refractivity contribution in [2.24, 2.45) is 0 Å². The lowest BCUT2D eigenvalue weighted by Crippen LogP contribution is -2.31. The van der Waals surface area contributed by atoms with Crippen LogP contribution in [0.25, 0.3) is 10.9 Å². The lowest BCUT2D eigenvalue weighted by molar-refractivity contribution is 0.0602. The van der Waals surface area contributed by atoms with Gasteiger partial charge in [0.25, 0.3) is 5.91 Å². The number of aryl methyl sites for hydroxylation is 1.